The van der Waals surface area contributed by atoms with Crippen LogP contribution in [0.4, 0.5) is 0 Å². The Hall–Kier alpha value is -0.780. The van der Waals surface area contributed by atoms with Crippen LogP contribution < -0.4 is 0 Å². The molecule has 0 aromatic carbocycles. The average Bonchev–Trinajstić information content (AvgIpc) is 2.17. The van der Waals surface area contributed by atoms with Crippen LogP contribution >= 0.6 is 0 Å². The van der Waals surface area contributed by atoms with Crippen molar-refractivity contribution in [1.82, 2.24) is 0 Å². The molecule has 2 unspecified atom stereocenters. The van der Waals surface area contributed by atoms with Gasteiger partial charge in [0.2, 0.25) is 0 Å². The first-order valence-electron chi connectivity index (χ1n) is 6.41. The molecule has 0 N–H and O–H groups in total. The van der Waals surface area contributed by atoms with Crippen LogP contribution in [0, 0.1) is 17.8 Å². The Morgan fingerprint density at radius 1 is 0.938 bits per heavy atom. The van der Waals surface area contributed by atoms with Gasteiger partial charge in [0.05, 0.1) is 0 Å². The third kappa shape index (κ3) is 2.87. The van der Waals surface area contributed by atoms with Gasteiger partial charge in [0, 0.05) is 5.92 Å². The molecule has 0 bridgehead atoms. The highest BCUT2D eigenvalue weighted by atomic mass is 14.4. The van der Waals surface area contributed by atoms with Crippen molar-refractivity contribution in [2.75, 3.05) is 0 Å². The largest absolute Gasteiger partial charge is 0.0998 e. The average molecular weight is 218 g/mol. The zero-order valence-corrected chi connectivity index (χ0v) is 11.2. The standard InChI is InChI=1S/C16H26/c1-11(2)14-9-7-8-10-15(14)16(12(3)4)13(5)6/h14-16H,1,3,5,7-10H2,2,4,6H3. The second-order valence-electron chi connectivity index (χ2n) is 5.57. The lowest BCUT2D eigenvalue weighted by molar-refractivity contribution is 0.227. The van der Waals surface area contributed by atoms with Gasteiger partial charge in [-0.3, -0.25) is 0 Å². The third-order valence-corrected chi connectivity index (χ3v) is 3.94. The van der Waals surface area contributed by atoms with E-state index in [1.165, 1.54) is 42.4 Å². The summed E-state index contributed by atoms with van der Waals surface area (Å²) in [5.41, 5.74) is 3.88. The van der Waals surface area contributed by atoms with E-state index in [-0.39, 0.29) is 0 Å². The molecule has 0 amide bonds. The third-order valence-electron chi connectivity index (χ3n) is 3.94. The van der Waals surface area contributed by atoms with Crippen molar-refractivity contribution in [3.05, 3.63) is 36.5 Å². The van der Waals surface area contributed by atoms with Crippen LogP contribution in [0.15, 0.2) is 36.5 Å². The second kappa shape index (κ2) is 5.52. The van der Waals surface area contributed by atoms with Gasteiger partial charge in [-0.25, -0.2) is 0 Å². The molecule has 1 rings (SSSR count). The van der Waals surface area contributed by atoms with E-state index in [4.69, 9.17) is 0 Å². The van der Waals surface area contributed by atoms with Crippen molar-refractivity contribution >= 4 is 0 Å². The van der Waals surface area contributed by atoms with Gasteiger partial charge >= 0.3 is 0 Å². The molecule has 1 saturated carbocycles. The van der Waals surface area contributed by atoms with Crippen LogP contribution in [0.1, 0.15) is 46.5 Å². The number of allylic oxidation sites excluding steroid dienone is 3. The van der Waals surface area contributed by atoms with Gasteiger partial charge < -0.3 is 0 Å². The van der Waals surface area contributed by atoms with Crippen molar-refractivity contribution in [1.29, 1.82) is 0 Å². The maximum atomic E-state index is 4.17. The minimum atomic E-state index is 0.488. The predicted octanol–water partition coefficient (Wildman–Crippen LogP) is 5.14. The highest BCUT2D eigenvalue weighted by molar-refractivity contribution is 5.18. The minimum absolute atomic E-state index is 0.488. The first kappa shape index (κ1) is 13.3. The van der Waals surface area contributed by atoms with Crippen molar-refractivity contribution in [3.8, 4) is 0 Å². The first-order chi connectivity index (χ1) is 7.45. The van der Waals surface area contributed by atoms with E-state index in [0.717, 1.165) is 0 Å². The molecule has 2 atom stereocenters. The van der Waals surface area contributed by atoms with Gasteiger partial charge in [0.15, 0.2) is 0 Å². The molecule has 1 aliphatic carbocycles. The number of rotatable bonds is 4. The summed E-state index contributed by atoms with van der Waals surface area (Å²) in [5, 5.41) is 0. The molecule has 0 heteroatoms. The van der Waals surface area contributed by atoms with Gasteiger partial charge in [-0.05, 0) is 45.4 Å². The fourth-order valence-electron chi connectivity index (χ4n) is 3.32. The normalized spacial score (nSPS) is 25.5. The molecular weight excluding hydrogens is 192 g/mol. The highest BCUT2D eigenvalue weighted by Crippen LogP contribution is 2.43. The summed E-state index contributed by atoms with van der Waals surface area (Å²) in [5.74, 6) is 1.86. The van der Waals surface area contributed by atoms with Crippen molar-refractivity contribution in [2.45, 2.75) is 46.5 Å². The van der Waals surface area contributed by atoms with Gasteiger partial charge in [0.25, 0.3) is 0 Å². The molecule has 0 aromatic heterocycles. The lowest BCUT2D eigenvalue weighted by atomic mass is 9.66. The van der Waals surface area contributed by atoms with Crippen molar-refractivity contribution in [3.63, 3.8) is 0 Å². The van der Waals surface area contributed by atoms with E-state index in [1.54, 1.807) is 0 Å². The van der Waals surface area contributed by atoms with E-state index in [1.807, 2.05) is 0 Å². The lowest BCUT2D eigenvalue weighted by Crippen LogP contribution is -2.28. The van der Waals surface area contributed by atoms with Crippen LogP contribution in [0.2, 0.25) is 0 Å². The molecular formula is C16H26. The van der Waals surface area contributed by atoms with Crippen LogP contribution in [0.3, 0.4) is 0 Å². The number of hydrogen-bond acceptors (Lipinski definition) is 0. The lowest BCUT2D eigenvalue weighted by Gasteiger charge is -2.38. The Labute approximate surface area is 101 Å². The molecule has 0 nitrogen and oxygen atoms in total. The van der Waals surface area contributed by atoms with Gasteiger partial charge in [-0.15, -0.1) is 0 Å². The summed E-state index contributed by atoms with van der Waals surface area (Å²) in [7, 11) is 0. The quantitative estimate of drug-likeness (QED) is 0.573. The van der Waals surface area contributed by atoms with Crippen molar-refractivity contribution in [2.24, 2.45) is 17.8 Å². The molecule has 0 radical (unpaired) electrons. The smallest absolute Gasteiger partial charge is 0.00300 e. The summed E-state index contributed by atoms with van der Waals surface area (Å²) >= 11 is 0. The predicted molar refractivity (Wildman–Crippen MR) is 73.4 cm³/mol. The van der Waals surface area contributed by atoms with Crippen LogP contribution in [-0.4, -0.2) is 0 Å². The molecule has 0 spiro atoms. The summed E-state index contributed by atoms with van der Waals surface area (Å²) in [6, 6.07) is 0. The minimum Gasteiger partial charge on any atom is -0.0998 e. The van der Waals surface area contributed by atoms with Gasteiger partial charge in [0.1, 0.15) is 0 Å². The fourth-order valence-corrected chi connectivity index (χ4v) is 3.32. The number of hydrogen-bond donors (Lipinski definition) is 0. The van der Waals surface area contributed by atoms with Gasteiger partial charge in [-0.1, -0.05) is 49.3 Å². The molecule has 90 valence electrons. The van der Waals surface area contributed by atoms with Crippen LogP contribution in [0.5, 0.6) is 0 Å². The van der Waals surface area contributed by atoms with E-state index < -0.39 is 0 Å². The Kier molecular flexibility index (Phi) is 4.58. The summed E-state index contributed by atoms with van der Waals surface area (Å²) in [6.07, 6.45) is 5.32. The summed E-state index contributed by atoms with van der Waals surface area (Å²) < 4.78 is 0. The van der Waals surface area contributed by atoms with E-state index in [9.17, 15) is 0 Å². The van der Waals surface area contributed by atoms with Crippen LogP contribution in [-0.2, 0) is 0 Å². The van der Waals surface area contributed by atoms with E-state index in [2.05, 4.69) is 40.5 Å². The molecule has 1 aliphatic rings. The zero-order valence-electron chi connectivity index (χ0n) is 11.2. The first-order valence-corrected chi connectivity index (χ1v) is 6.41. The Morgan fingerprint density at radius 2 is 1.44 bits per heavy atom. The summed E-state index contributed by atoms with van der Waals surface area (Å²) in [6.45, 7) is 18.9. The van der Waals surface area contributed by atoms with Crippen LogP contribution in [0.25, 0.3) is 0 Å². The molecule has 0 heterocycles. The maximum absolute atomic E-state index is 4.17. The maximum Gasteiger partial charge on any atom is 0.00300 e. The molecule has 0 aromatic rings. The van der Waals surface area contributed by atoms with Gasteiger partial charge in [-0.2, -0.15) is 0 Å². The fraction of sp³-hybridized carbons (Fsp3) is 0.625. The highest BCUT2D eigenvalue weighted by Gasteiger charge is 2.32. The molecule has 0 saturated heterocycles. The van der Waals surface area contributed by atoms with E-state index in [0.29, 0.717) is 17.8 Å². The topological polar surface area (TPSA) is 0 Å². The molecule has 1 fully saturated rings. The zero-order chi connectivity index (χ0) is 12.3. The SMILES string of the molecule is C=C(C)C1CCCCC1C(C(=C)C)C(=C)C. The Morgan fingerprint density at radius 3 is 1.88 bits per heavy atom. The molecule has 16 heavy (non-hydrogen) atoms. The monoisotopic (exact) mass is 218 g/mol. The summed E-state index contributed by atoms with van der Waals surface area (Å²) in [4.78, 5) is 0. The Bertz CT molecular complexity index is 281. The Balaban J connectivity index is 2.91. The molecule has 0 aliphatic heterocycles. The van der Waals surface area contributed by atoms with Crippen molar-refractivity contribution < 1.29 is 0 Å². The van der Waals surface area contributed by atoms with E-state index >= 15 is 0 Å². The second-order valence-corrected chi connectivity index (χ2v) is 5.57.